The van der Waals surface area contributed by atoms with Crippen LogP contribution in [0.15, 0.2) is 0 Å². The molecule has 0 aromatic heterocycles. The molecule has 1 nitrogen and oxygen atoms in total. The molecule has 0 saturated heterocycles. The molecule has 0 aliphatic heterocycles. The maximum atomic E-state index is 5.26. The average molecular weight is 254 g/mol. The maximum Gasteiger partial charge on any atom is 0.110 e. The molecule has 1 aliphatic rings. The maximum absolute atomic E-state index is 5.26. The summed E-state index contributed by atoms with van der Waals surface area (Å²) in [6.07, 6.45) is 7.49. The summed E-state index contributed by atoms with van der Waals surface area (Å²) in [6, 6.07) is 0. The Morgan fingerprint density at radius 1 is 1.30 bits per heavy atom. The van der Waals surface area contributed by atoms with E-state index in [1.165, 1.54) is 32.1 Å². The van der Waals surface area contributed by atoms with Gasteiger partial charge in [-0.25, -0.2) is 0 Å². The minimum atomic E-state index is 0.473. The Labute approximate surface area is 77.2 Å². The number of rotatable bonds is 2. The van der Waals surface area contributed by atoms with Gasteiger partial charge in [0.2, 0.25) is 0 Å². The molecule has 1 rings (SSSR count). The molecule has 0 N–H and O–H groups in total. The largest absolute Gasteiger partial charge is 0.312 e. The lowest BCUT2D eigenvalue weighted by Crippen LogP contribution is -2.19. The molecule has 0 spiro atoms. The van der Waals surface area contributed by atoms with Crippen LogP contribution >= 0.6 is 23.0 Å². The zero-order valence-electron chi connectivity index (χ0n) is 6.48. The lowest BCUT2D eigenvalue weighted by atomic mass is 9.86. The molecule has 60 valence electrons. The van der Waals surface area contributed by atoms with E-state index in [1.807, 2.05) is 23.0 Å². The van der Waals surface area contributed by atoms with Crippen LogP contribution in [0.3, 0.4) is 0 Å². The van der Waals surface area contributed by atoms with Crippen molar-refractivity contribution in [1.82, 2.24) is 0 Å². The normalized spacial score (nSPS) is 24.6. The molecule has 1 fully saturated rings. The second-order valence-electron chi connectivity index (χ2n) is 3.19. The molecule has 1 saturated carbocycles. The summed E-state index contributed by atoms with van der Waals surface area (Å²) in [5.74, 6) is 0.839. The predicted octanol–water partition coefficient (Wildman–Crippen LogP) is 3.32. The molecule has 10 heavy (non-hydrogen) atoms. The van der Waals surface area contributed by atoms with Gasteiger partial charge in [0.25, 0.3) is 0 Å². The number of hydrogen-bond donors (Lipinski definition) is 0. The van der Waals surface area contributed by atoms with Crippen molar-refractivity contribution in [2.24, 2.45) is 5.92 Å². The van der Waals surface area contributed by atoms with Gasteiger partial charge in [-0.3, -0.25) is 0 Å². The fourth-order valence-corrected chi connectivity index (χ4v) is 2.09. The first-order chi connectivity index (χ1) is 4.84. The molecule has 0 bridgehead atoms. The fraction of sp³-hybridized carbons (Fsp3) is 1.00. The lowest BCUT2D eigenvalue weighted by molar-refractivity contribution is 0.171. The standard InChI is InChI=1S/C8H15IO/c1-7(10-9)8-5-3-2-4-6-8/h7-8H,2-6H2,1H3. The van der Waals surface area contributed by atoms with Gasteiger partial charge in [-0.2, -0.15) is 0 Å². The van der Waals surface area contributed by atoms with E-state index in [2.05, 4.69) is 6.92 Å². The smallest absolute Gasteiger partial charge is 0.110 e. The Hall–Kier alpha value is 0.690. The molecule has 1 aliphatic carbocycles. The molecule has 2 heteroatoms. The first-order valence-corrected chi connectivity index (χ1v) is 5.00. The number of hydrogen-bond acceptors (Lipinski definition) is 1. The van der Waals surface area contributed by atoms with Crippen molar-refractivity contribution in [1.29, 1.82) is 0 Å². The van der Waals surface area contributed by atoms with Crippen molar-refractivity contribution < 1.29 is 3.07 Å². The first-order valence-electron chi connectivity index (χ1n) is 4.12. The summed E-state index contributed by atoms with van der Waals surface area (Å²) in [5.41, 5.74) is 0. The zero-order chi connectivity index (χ0) is 7.40. The highest BCUT2D eigenvalue weighted by atomic mass is 127. The Morgan fingerprint density at radius 2 is 1.90 bits per heavy atom. The van der Waals surface area contributed by atoms with Crippen LogP contribution in [-0.4, -0.2) is 6.10 Å². The minimum Gasteiger partial charge on any atom is -0.312 e. The van der Waals surface area contributed by atoms with E-state index in [1.54, 1.807) is 0 Å². The van der Waals surface area contributed by atoms with E-state index in [9.17, 15) is 0 Å². The summed E-state index contributed by atoms with van der Waals surface area (Å²) < 4.78 is 5.26. The van der Waals surface area contributed by atoms with Crippen LogP contribution in [0.2, 0.25) is 0 Å². The quantitative estimate of drug-likeness (QED) is 0.687. The topological polar surface area (TPSA) is 9.23 Å². The Morgan fingerprint density at radius 3 is 2.40 bits per heavy atom. The van der Waals surface area contributed by atoms with Gasteiger partial charge >= 0.3 is 0 Å². The average Bonchev–Trinajstić information content (AvgIpc) is 2.05. The van der Waals surface area contributed by atoms with Crippen LogP contribution in [0, 0.1) is 5.92 Å². The van der Waals surface area contributed by atoms with Crippen molar-refractivity contribution in [2.45, 2.75) is 45.1 Å². The third-order valence-corrected chi connectivity index (χ3v) is 3.26. The predicted molar refractivity (Wildman–Crippen MR) is 51.1 cm³/mol. The highest BCUT2D eigenvalue weighted by Gasteiger charge is 2.19. The zero-order valence-corrected chi connectivity index (χ0v) is 8.63. The lowest BCUT2D eigenvalue weighted by Gasteiger charge is -2.25. The van der Waals surface area contributed by atoms with Crippen LogP contribution in [0.25, 0.3) is 0 Å². The van der Waals surface area contributed by atoms with Crippen LogP contribution in [0.4, 0.5) is 0 Å². The van der Waals surface area contributed by atoms with Gasteiger partial charge in [-0.05, 0) is 25.7 Å². The second-order valence-corrected chi connectivity index (χ2v) is 3.70. The SMILES string of the molecule is CC(OI)C1CCCCC1. The monoisotopic (exact) mass is 254 g/mol. The van der Waals surface area contributed by atoms with Gasteiger partial charge in [-0.1, -0.05) is 19.3 Å². The summed E-state index contributed by atoms with van der Waals surface area (Å²) in [6.45, 7) is 2.18. The third-order valence-electron chi connectivity index (χ3n) is 2.45. The highest BCUT2D eigenvalue weighted by molar-refractivity contribution is 14.1. The molecule has 0 amide bonds. The van der Waals surface area contributed by atoms with Crippen LogP contribution < -0.4 is 0 Å². The molecule has 0 heterocycles. The Bertz CT molecular complexity index is 89.3. The van der Waals surface area contributed by atoms with E-state index in [0.29, 0.717) is 6.10 Å². The van der Waals surface area contributed by atoms with Crippen molar-refractivity contribution in [3.63, 3.8) is 0 Å². The summed E-state index contributed by atoms with van der Waals surface area (Å²) in [4.78, 5) is 0. The Balaban J connectivity index is 2.24. The first kappa shape index (κ1) is 8.78. The van der Waals surface area contributed by atoms with Crippen LogP contribution in [-0.2, 0) is 3.07 Å². The van der Waals surface area contributed by atoms with Gasteiger partial charge in [0.15, 0.2) is 0 Å². The summed E-state index contributed by atoms with van der Waals surface area (Å²) in [7, 11) is 0. The van der Waals surface area contributed by atoms with Crippen molar-refractivity contribution in [2.75, 3.05) is 0 Å². The van der Waals surface area contributed by atoms with Gasteiger partial charge < -0.3 is 3.07 Å². The third kappa shape index (κ3) is 2.38. The van der Waals surface area contributed by atoms with Crippen molar-refractivity contribution in [3.05, 3.63) is 0 Å². The molecule has 1 unspecified atom stereocenters. The van der Waals surface area contributed by atoms with E-state index >= 15 is 0 Å². The fourth-order valence-electron chi connectivity index (χ4n) is 1.68. The van der Waals surface area contributed by atoms with Crippen LogP contribution in [0.5, 0.6) is 0 Å². The molecular weight excluding hydrogens is 239 g/mol. The molecule has 0 aromatic carbocycles. The van der Waals surface area contributed by atoms with E-state index < -0.39 is 0 Å². The van der Waals surface area contributed by atoms with Gasteiger partial charge in [0.05, 0.1) is 6.10 Å². The summed E-state index contributed by atoms with van der Waals surface area (Å²) in [5, 5.41) is 0. The van der Waals surface area contributed by atoms with E-state index in [4.69, 9.17) is 3.07 Å². The van der Waals surface area contributed by atoms with Gasteiger partial charge in [0.1, 0.15) is 23.0 Å². The molecule has 0 aromatic rings. The number of halogens is 1. The van der Waals surface area contributed by atoms with Crippen molar-refractivity contribution in [3.8, 4) is 0 Å². The highest BCUT2D eigenvalue weighted by Crippen LogP contribution is 2.28. The summed E-state index contributed by atoms with van der Waals surface area (Å²) >= 11 is 2.02. The molecule has 0 radical (unpaired) electrons. The van der Waals surface area contributed by atoms with Gasteiger partial charge in [0, 0.05) is 0 Å². The van der Waals surface area contributed by atoms with Crippen LogP contribution in [0.1, 0.15) is 39.0 Å². The minimum absolute atomic E-state index is 0.473. The second kappa shape index (κ2) is 4.54. The van der Waals surface area contributed by atoms with E-state index in [0.717, 1.165) is 5.92 Å². The Kier molecular flexibility index (Phi) is 3.99. The molecule has 1 atom stereocenters. The van der Waals surface area contributed by atoms with E-state index in [-0.39, 0.29) is 0 Å². The molecular formula is C8H15IO. The van der Waals surface area contributed by atoms with Crippen molar-refractivity contribution >= 4 is 23.0 Å². The van der Waals surface area contributed by atoms with Gasteiger partial charge in [-0.15, -0.1) is 0 Å².